The first-order valence-electron chi connectivity index (χ1n) is 10.3. The van der Waals surface area contributed by atoms with Crippen molar-refractivity contribution >= 4 is 29.7 Å². The lowest BCUT2D eigenvalue weighted by Gasteiger charge is -2.39. The molecule has 0 aliphatic carbocycles. The number of nitrogens with one attached hydrogen (secondary N) is 1. The summed E-state index contributed by atoms with van der Waals surface area (Å²) in [7, 11) is 4.42. The average Bonchev–Trinajstić information content (AvgIpc) is 2.65. The highest BCUT2D eigenvalue weighted by Gasteiger charge is 2.34. The largest absolute Gasteiger partial charge is 0.418 e. The summed E-state index contributed by atoms with van der Waals surface area (Å²) in [6, 6.07) is 5.94. The normalized spacial score (nSPS) is 19.9. The van der Waals surface area contributed by atoms with Gasteiger partial charge in [-0.25, -0.2) is 0 Å². The zero-order valence-electron chi connectivity index (χ0n) is 17.7. The number of pyridine rings is 1. The molecule has 0 spiro atoms. The number of benzene rings is 1. The Hall–Kier alpha value is -2.29. The molecule has 9 heteroatoms. The number of alkyl halides is 3. The zero-order chi connectivity index (χ0) is 21.9. The Bertz CT molecular complexity index is 890. The van der Waals surface area contributed by atoms with E-state index in [-0.39, 0.29) is 17.4 Å². The van der Waals surface area contributed by atoms with Crippen molar-refractivity contribution in [3.05, 3.63) is 36.0 Å². The van der Waals surface area contributed by atoms with Crippen LogP contribution in [0.5, 0.6) is 0 Å². The molecular weight excluding hydrogens is 392 g/mol. The second-order valence-electron chi connectivity index (χ2n) is 8.45. The summed E-state index contributed by atoms with van der Waals surface area (Å²) < 4.78 is 40.2. The van der Waals surface area contributed by atoms with Crippen molar-refractivity contribution in [1.82, 2.24) is 15.2 Å². The third-order valence-electron chi connectivity index (χ3n) is 5.43. The second-order valence-corrected chi connectivity index (χ2v) is 8.45. The molecule has 0 radical (unpaired) electrons. The molecule has 1 aromatic carbocycles. The third-order valence-corrected chi connectivity index (χ3v) is 5.43. The maximum Gasteiger partial charge on any atom is 0.418 e. The van der Waals surface area contributed by atoms with E-state index in [4.69, 9.17) is 0 Å². The predicted molar refractivity (Wildman–Crippen MR) is 116 cm³/mol. The lowest BCUT2D eigenvalue weighted by molar-refractivity contribution is -0.136. The van der Waals surface area contributed by atoms with E-state index in [1.807, 2.05) is 19.0 Å². The van der Waals surface area contributed by atoms with Gasteiger partial charge in [-0.05, 0) is 57.2 Å². The molecule has 5 nitrogen and oxygen atoms in total. The molecule has 30 heavy (non-hydrogen) atoms. The number of carbonyl (C=O) groups excluding carboxylic acids is 1. The van der Waals surface area contributed by atoms with Gasteiger partial charge in [0.05, 0.1) is 11.1 Å². The van der Waals surface area contributed by atoms with Crippen LogP contribution in [-0.4, -0.2) is 62.7 Å². The van der Waals surface area contributed by atoms with Gasteiger partial charge in [-0.3, -0.25) is 9.78 Å². The molecule has 1 amide bonds. The van der Waals surface area contributed by atoms with E-state index < -0.39 is 11.7 Å². The molecule has 0 unspecified atom stereocenters. The number of amides is 1. The van der Waals surface area contributed by atoms with Gasteiger partial charge in [-0.15, -0.1) is 0 Å². The average molecular weight is 420 g/mol. The minimum absolute atomic E-state index is 0.0230. The number of piperidine rings is 1. The number of anilines is 1. The maximum atomic E-state index is 13.4. The van der Waals surface area contributed by atoms with Crippen LogP contribution < -0.4 is 10.2 Å². The number of aromatic nitrogens is 1. The van der Waals surface area contributed by atoms with Gasteiger partial charge in [0.15, 0.2) is 5.81 Å². The number of hydrogen-bond acceptors (Lipinski definition) is 4. The van der Waals surface area contributed by atoms with Crippen molar-refractivity contribution in [1.29, 1.82) is 0 Å². The Morgan fingerprint density at radius 1 is 1.30 bits per heavy atom. The molecule has 162 valence electrons. The van der Waals surface area contributed by atoms with Crippen LogP contribution >= 0.6 is 0 Å². The molecular formula is C21H28BF3N4O. The van der Waals surface area contributed by atoms with Crippen LogP contribution in [0.4, 0.5) is 23.7 Å². The van der Waals surface area contributed by atoms with Gasteiger partial charge in [0.25, 0.3) is 0 Å². The number of carbonyl (C=O) groups is 1. The highest BCUT2D eigenvalue weighted by atomic mass is 19.4. The lowest BCUT2D eigenvalue weighted by Crippen LogP contribution is -2.51. The van der Waals surface area contributed by atoms with Crippen molar-refractivity contribution < 1.29 is 18.0 Å². The summed E-state index contributed by atoms with van der Waals surface area (Å²) in [4.78, 5) is 20.5. The molecule has 1 N–H and O–H groups in total. The summed E-state index contributed by atoms with van der Waals surface area (Å²) in [6.07, 6.45) is -1.42. The molecule has 1 saturated heterocycles. The van der Waals surface area contributed by atoms with E-state index in [1.54, 1.807) is 12.1 Å². The van der Waals surface area contributed by atoms with Crippen LogP contribution in [0.2, 0.25) is 6.32 Å². The van der Waals surface area contributed by atoms with Gasteiger partial charge in [0.2, 0.25) is 7.28 Å². The molecule has 1 fully saturated rings. The first kappa shape index (κ1) is 22.4. The van der Waals surface area contributed by atoms with E-state index >= 15 is 0 Å². The van der Waals surface area contributed by atoms with Crippen LogP contribution in [0.1, 0.15) is 18.9 Å². The smallest absolute Gasteiger partial charge is 0.369 e. The summed E-state index contributed by atoms with van der Waals surface area (Å²) >= 11 is 0. The Labute approximate surface area is 175 Å². The number of rotatable bonds is 6. The van der Waals surface area contributed by atoms with Crippen molar-refractivity contribution in [3.8, 4) is 0 Å². The third kappa shape index (κ3) is 5.44. The van der Waals surface area contributed by atoms with Gasteiger partial charge in [0.1, 0.15) is 0 Å². The maximum absolute atomic E-state index is 13.4. The molecule has 1 aliphatic heterocycles. The van der Waals surface area contributed by atoms with Crippen molar-refractivity contribution in [2.24, 2.45) is 5.92 Å². The number of halogens is 3. The predicted octanol–water partition coefficient (Wildman–Crippen LogP) is 3.59. The molecule has 2 atom stereocenters. The van der Waals surface area contributed by atoms with E-state index in [0.29, 0.717) is 25.1 Å². The van der Waals surface area contributed by atoms with Crippen molar-refractivity contribution in [3.63, 3.8) is 0 Å². The van der Waals surface area contributed by atoms with Crippen molar-refractivity contribution in [2.75, 3.05) is 38.6 Å². The first-order valence-corrected chi connectivity index (χ1v) is 10.3. The lowest BCUT2D eigenvalue weighted by atomic mass is 9.73. The number of fused-ring (bicyclic) bond motifs is 1. The van der Waals surface area contributed by atoms with E-state index in [0.717, 1.165) is 37.6 Å². The molecule has 2 heterocycles. The standard InChI is InChI=1S/C21H28BF3N4O/c1-14-11-15(27-20(30)22-8-10-28(2)3)13-29(12-14)18-7-6-17(21(23,24)25)19-16(18)5-4-9-26-19/h4-7,9,14-15,22H,8,10-13H2,1-3H3,(H,27,30)/t14-,15+/m0/s1. The SMILES string of the molecule is C[C@H]1C[C@@H](NC(=O)BCCN(C)C)CN(c2ccc(C(F)(F)F)c3ncccc23)C1. The highest BCUT2D eigenvalue weighted by Crippen LogP contribution is 2.38. The first-order chi connectivity index (χ1) is 14.1. The van der Waals surface area contributed by atoms with Crippen LogP contribution in [0.15, 0.2) is 30.5 Å². The van der Waals surface area contributed by atoms with Crippen molar-refractivity contribution in [2.45, 2.75) is 31.9 Å². The molecule has 0 bridgehead atoms. The summed E-state index contributed by atoms with van der Waals surface area (Å²) in [5, 5.41) is 3.60. The Morgan fingerprint density at radius 2 is 2.07 bits per heavy atom. The minimum atomic E-state index is -4.45. The van der Waals surface area contributed by atoms with E-state index in [1.165, 1.54) is 12.3 Å². The van der Waals surface area contributed by atoms with Crippen LogP contribution in [-0.2, 0) is 6.18 Å². The number of nitrogens with zero attached hydrogens (tertiary/aromatic N) is 3. The molecule has 2 aromatic rings. The van der Waals surface area contributed by atoms with Crippen LogP contribution in [0, 0.1) is 5.92 Å². The van der Waals surface area contributed by atoms with E-state index in [9.17, 15) is 18.0 Å². The fourth-order valence-corrected chi connectivity index (χ4v) is 4.17. The van der Waals surface area contributed by atoms with Gasteiger partial charge >= 0.3 is 6.18 Å². The second kappa shape index (κ2) is 9.24. The quantitative estimate of drug-likeness (QED) is 0.726. The fourth-order valence-electron chi connectivity index (χ4n) is 4.17. The fraction of sp³-hybridized carbons (Fsp3) is 0.524. The summed E-state index contributed by atoms with van der Waals surface area (Å²) in [6.45, 7) is 4.24. The molecule has 3 rings (SSSR count). The summed E-state index contributed by atoms with van der Waals surface area (Å²) in [5.41, 5.74) is -0.0350. The van der Waals surface area contributed by atoms with Gasteiger partial charge in [-0.2, -0.15) is 13.2 Å². The van der Waals surface area contributed by atoms with Crippen LogP contribution in [0.3, 0.4) is 0 Å². The Morgan fingerprint density at radius 3 is 2.77 bits per heavy atom. The van der Waals surface area contributed by atoms with Gasteiger partial charge in [-0.1, -0.05) is 13.2 Å². The Kier molecular flexibility index (Phi) is 6.90. The monoisotopic (exact) mass is 420 g/mol. The topological polar surface area (TPSA) is 48.5 Å². The van der Waals surface area contributed by atoms with Crippen LogP contribution in [0.25, 0.3) is 10.9 Å². The molecule has 0 saturated carbocycles. The Balaban J connectivity index is 1.79. The minimum Gasteiger partial charge on any atom is -0.369 e. The van der Waals surface area contributed by atoms with Gasteiger partial charge in [0, 0.05) is 36.4 Å². The molecule has 1 aliphatic rings. The zero-order valence-corrected chi connectivity index (χ0v) is 17.7. The van der Waals surface area contributed by atoms with E-state index in [2.05, 4.69) is 22.1 Å². The van der Waals surface area contributed by atoms with Gasteiger partial charge < -0.3 is 15.1 Å². The number of hydrogen-bond donors (Lipinski definition) is 1. The molecule has 1 aromatic heterocycles. The highest BCUT2D eigenvalue weighted by molar-refractivity contribution is 6.73. The summed E-state index contributed by atoms with van der Waals surface area (Å²) in [5.74, 6) is 0.328.